The third-order valence-electron chi connectivity index (χ3n) is 5.95. The molecule has 1 fully saturated rings. The highest BCUT2D eigenvalue weighted by Gasteiger charge is 2.18. The molecule has 5 rings (SSSR count). The van der Waals surface area contributed by atoms with Crippen LogP contribution in [-0.2, 0) is 11.8 Å². The molecule has 9 nitrogen and oxygen atoms in total. The molecule has 3 aromatic heterocycles. The Hall–Kier alpha value is -3.85. The van der Waals surface area contributed by atoms with Gasteiger partial charge in [0.2, 0.25) is 5.43 Å². The molecule has 1 saturated heterocycles. The molecule has 0 aliphatic carbocycles. The summed E-state index contributed by atoms with van der Waals surface area (Å²) < 4.78 is 14.7. The first-order valence-corrected chi connectivity index (χ1v) is 11.3. The SMILES string of the molecule is CC(c1cccc(-c2ncc(OC3CCOCC3)cn2)c1)c1nn(-c2cnn(C)c2)ccc1=O. The van der Waals surface area contributed by atoms with Crippen LogP contribution in [0.3, 0.4) is 0 Å². The van der Waals surface area contributed by atoms with Gasteiger partial charge in [-0.05, 0) is 11.6 Å². The number of aromatic nitrogens is 6. The molecule has 1 aromatic carbocycles. The third-order valence-corrected chi connectivity index (χ3v) is 5.95. The number of hydrogen-bond acceptors (Lipinski definition) is 7. The Kier molecular flexibility index (Phi) is 6.18. The molecule has 0 N–H and O–H groups in total. The Bertz CT molecular complexity index is 1320. The van der Waals surface area contributed by atoms with Gasteiger partial charge in [-0.15, -0.1) is 0 Å². The molecule has 9 heteroatoms. The first kappa shape index (κ1) is 22.0. The van der Waals surface area contributed by atoms with E-state index in [0.29, 0.717) is 17.3 Å². The maximum absolute atomic E-state index is 12.6. The van der Waals surface area contributed by atoms with Gasteiger partial charge >= 0.3 is 0 Å². The number of aryl methyl sites for hydroxylation is 1. The number of hydrogen-bond donors (Lipinski definition) is 0. The van der Waals surface area contributed by atoms with Crippen LogP contribution in [0.15, 0.2) is 66.1 Å². The first-order valence-electron chi connectivity index (χ1n) is 11.3. The van der Waals surface area contributed by atoms with E-state index in [2.05, 4.69) is 20.2 Å². The minimum Gasteiger partial charge on any atom is -0.487 e. The molecule has 1 unspecified atom stereocenters. The Morgan fingerprint density at radius 2 is 1.91 bits per heavy atom. The molecule has 0 bridgehead atoms. The maximum atomic E-state index is 12.6. The van der Waals surface area contributed by atoms with E-state index in [-0.39, 0.29) is 17.5 Å². The van der Waals surface area contributed by atoms with Crippen molar-refractivity contribution in [3.05, 3.63) is 82.8 Å². The van der Waals surface area contributed by atoms with E-state index in [1.807, 2.05) is 44.4 Å². The van der Waals surface area contributed by atoms with E-state index in [1.54, 1.807) is 34.2 Å². The summed E-state index contributed by atoms with van der Waals surface area (Å²) in [5.41, 5.74) is 2.97. The van der Waals surface area contributed by atoms with Gasteiger partial charge in [0.25, 0.3) is 0 Å². The van der Waals surface area contributed by atoms with Crippen LogP contribution < -0.4 is 10.2 Å². The molecule has 0 radical (unpaired) electrons. The molecule has 1 aliphatic rings. The standard InChI is InChI=1S/C25H26N6O3/c1-17(24-23(32)6-9-31(29-24)20-13-28-30(2)16-20)18-4-3-5-19(12-18)25-26-14-22(15-27-25)34-21-7-10-33-11-8-21/h3-6,9,12-17,21H,7-8,10-11H2,1-2H3. The molecule has 4 aromatic rings. The van der Waals surface area contributed by atoms with Gasteiger partial charge in [0.05, 0.1) is 38.0 Å². The summed E-state index contributed by atoms with van der Waals surface area (Å²) in [7, 11) is 1.84. The molecule has 0 spiro atoms. The Morgan fingerprint density at radius 3 is 2.65 bits per heavy atom. The highest BCUT2D eigenvalue weighted by atomic mass is 16.5. The van der Waals surface area contributed by atoms with Gasteiger partial charge in [0.1, 0.15) is 17.5 Å². The fourth-order valence-corrected chi connectivity index (χ4v) is 4.01. The predicted octanol–water partition coefficient (Wildman–Crippen LogP) is 3.13. The van der Waals surface area contributed by atoms with Crippen LogP contribution in [0.5, 0.6) is 5.75 Å². The number of nitrogens with zero attached hydrogens (tertiary/aromatic N) is 6. The van der Waals surface area contributed by atoms with Crippen LogP contribution in [0.1, 0.15) is 36.9 Å². The van der Waals surface area contributed by atoms with Gasteiger partial charge < -0.3 is 9.47 Å². The lowest BCUT2D eigenvalue weighted by Crippen LogP contribution is -2.25. The summed E-state index contributed by atoms with van der Waals surface area (Å²) in [5, 5.41) is 8.78. The Morgan fingerprint density at radius 1 is 1.12 bits per heavy atom. The minimum absolute atomic E-state index is 0.107. The second-order valence-electron chi connectivity index (χ2n) is 8.40. The summed E-state index contributed by atoms with van der Waals surface area (Å²) in [6, 6.07) is 9.42. The molecule has 0 amide bonds. The molecule has 1 aliphatic heterocycles. The van der Waals surface area contributed by atoms with Gasteiger partial charge in [-0.1, -0.05) is 25.1 Å². The fourth-order valence-electron chi connectivity index (χ4n) is 4.01. The lowest BCUT2D eigenvalue weighted by molar-refractivity contribution is 0.0253. The van der Waals surface area contributed by atoms with Crippen molar-refractivity contribution < 1.29 is 9.47 Å². The van der Waals surface area contributed by atoms with Crippen molar-refractivity contribution in [2.24, 2.45) is 7.05 Å². The summed E-state index contributed by atoms with van der Waals surface area (Å²) in [6.07, 6.45) is 10.5. The molecule has 4 heterocycles. The Balaban J connectivity index is 1.37. The zero-order valence-electron chi connectivity index (χ0n) is 19.2. The largest absolute Gasteiger partial charge is 0.487 e. The average molecular weight is 459 g/mol. The fraction of sp³-hybridized carbons (Fsp3) is 0.320. The normalized spacial score (nSPS) is 15.2. The van der Waals surface area contributed by atoms with Gasteiger partial charge in [0, 0.05) is 43.6 Å². The van der Waals surface area contributed by atoms with Crippen molar-refractivity contribution in [3.63, 3.8) is 0 Å². The molecular weight excluding hydrogens is 432 g/mol. The van der Waals surface area contributed by atoms with Gasteiger partial charge in [0.15, 0.2) is 11.6 Å². The second kappa shape index (κ2) is 9.56. The van der Waals surface area contributed by atoms with Crippen LogP contribution in [0.25, 0.3) is 17.1 Å². The number of ether oxygens (including phenoxy) is 2. The quantitative estimate of drug-likeness (QED) is 0.438. The second-order valence-corrected chi connectivity index (χ2v) is 8.40. The van der Waals surface area contributed by atoms with Gasteiger partial charge in [-0.3, -0.25) is 9.48 Å². The zero-order valence-corrected chi connectivity index (χ0v) is 19.2. The van der Waals surface area contributed by atoms with Crippen molar-refractivity contribution in [1.82, 2.24) is 29.5 Å². The van der Waals surface area contributed by atoms with Crippen molar-refractivity contribution in [3.8, 4) is 22.8 Å². The zero-order chi connectivity index (χ0) is 23.5. The van der Waals surface area contributed by atoms with E-state index >= 15 is 0 Å². The number of benzene rings is 1. The van der Waals surface area contributed by atoms with Crippen LogP contribution >= 0.6 is 0 Å². The van der Waals surface area contributed by atoms with Crippen LogP contribution in [0.4, 0.5) is 0 Å². The number of rotatable bonds is 6. The van der Waals surface area contributed by atoms with Crippen molar-refractivity contribution >= 4 is 0 Å². The molecule has 174 valence electrons. The van der Waals surface area contributed by atoms with E-state index < -0.39 is 0 Å². The van der Waals surface area contributed by atoms with Gasteiger partial charge in [-0.25, -0.2) is 14.6 Å². The average Bonchev–Trinajstić information content (AvgIpc) is 3.31. The third kappa shape index (κ3) is 4.74. The van der Waals surface area contributed by atoms with Crippen LogP contribution in [0, 0.1) is 0 Å². The predicted molar refractivity (Wildman–Crippen MR) is 126 cm³/mol. The van der Waals surface area contributed by atoms with E-state index in [1.165, 1.54) is 6.07 Å². The maximum Gasteiger partial charge on any atom is 0.203 e. The lowest BCUT2D eigenvalue weighted by Gasteiger charge is -2.22. The van der Waals surface area contributed by atoms with Crippen molar-refractivity contribution in [2.75, 3.05) is 13.2 Å². The van der Waals surface area contributed by atoms with Crippen LogP contribution in [-0.4, -0.2) is 48.8 Å². The lowest BCUT2D eigenvalue weighted by atomic mass is 9.95. The van der Waals surface area contributed by atoms with E-state index in [0.717, 1.165) is 42.9 Å². The monoisotopic (exact) mass is 458 g/mol. The van der Waals surface area contributed by atoms with Crippen LogP contribution in [0.2, 0.25) is 0 Å². The molecular formula is C25H26N6O3. The van der Waals surface area contributed by atoms with E-state index in [4.69, 9.17) is 9.47 Å². The molecule has 34 heavy (non-hydrogen) atoms. The van der Waals surface area contributed by atoms with Crippen molar-refractivity contribution in [1.29, 1.82) is 0 Å². The smallest absolute Gasteiger partial charge is 0.203 e. The summed E-state index contributed by atoms with van der Waals surface area (Å²) in [4.78, 5) is 21.6. The van der Waals surface area contributed by atoms with Crippen molar-refractivity contribution in [2.45, 2.75) is 31.8 Å². The summed E-state index contributed by atoms with van der Waals surface area (Å²) >= 11 is 0. The van der Waals surface area contributed by atoms with Gasteiger partial charge in [-0.2, -0.15) is 10.2 Å². The summed E-state index contributed by atoms with van der Waals surface area (Å²) in [5.74, 6) is 1.04. The van der Waals surface area contributed by atoms with E-state index in [9.17, 15) is 4.79 Å². The molecule has 1 atom stereocenters. The topological polar surface area (TPSA) is 96.9 Å². The highest BCUT2D eigenvalue weighted by molar-refractivity contribution is 5.57. The minimum atomic E-state index is -0.215. The summed E-state index contributed by atoms with van der Waals surface area (Å²) in [6.45, 7) is 3.42. The Labute approximate surface area is 197 Å². The molecule has 0 saturated carbocycles. The first-order chi connectivity index (χ1) is 16.6. The highest BCUT2D eigenvalue weighted by Crippen LogP contribution is 2.26.